The first-order valence-electron chi connectivity index (χ1n) is 11.9. The number of thioether (sulfide) groups is 1. The fraction of sp³-hybridized carbons (Fsp3) is 0.148. The Morgan fingerprint density at radius 2 is 1.90 bits per heavy atom. The maximum absolute atomic E-state index is 12.5. The van der Waals surface area contributed by atoms with Gasteiger partial charge in [0.05, 0.1) is 35.2 Å². The van der Waals surface area contributed by atoms with Crippen molar-refractivity contribution in [2.45, 2.75) is 20.2 Å². The molecule has 0 radical (unpaired) electrons. The third-order valence-electron chi connectivity index (χ3n) is 6.24. The van der Waals surface area contributed by atoms with Gasteiger partial charge >= 0.3 is 6.36 Å². The molecule has 0 saturated carbocycles. The first-order chi connectivity index (χ1) is 19.2. The van der Waals surface area contributed by atoms with Gasteiger partial charge in [-0.3, -0.25) is 14.1 Å². The van der Waals surface area contributed by atoms with E-state index in [1.165, 1.54) is 35.4 Å². The number of carbonyl (C=O) groups excluding carboxylic acids is 1. The highest BCUT2D eigenvalue weighted by molar-refractivity contribution is 8.15. The van der Waals surface area contributed by atoms with Gasteiger partial charge in [0.2, 0.25) is 5.91 Å². The third kappa shape index (κ3) is 4.93. The van der Waals surface area contributed by atoms with Crippen LogP contribution in [0.1, 0.15) is 16.1 Å². The van der Waals surface area contributed by atoms with Gasteiger partial charge in [-0.2, -0.15) is 9.47 Å². The van der Waals surface area contributed by atoms with Gasteiger partial charge in [-0.1, -0.05) is 17.8 Å². The summed E-state index contributed by atoms with van der Waals surface area (Å²) in [6.45, 7) is 3.79. The van der Waals surface area contributed by atoms with Crippen LogP contribution in [0.25, 0.3) is 27.7 Å². The second kappa shape index (κ2) is 10.1. The number of aryl methyl sites for hydroxylation is 2. The number of amides is 1. The zero-order valence-electron chi connectivity index (χ0n) is 21.0. The van der Waals surface area contributed by atoms with E-state index >= 15 is 0 Å². The van der Waals surface area contributed by atoms with Crippen molar-refractivity contribution in [2.24, 2.45) is 10.2 Å². The SMILES string of the molecule is Cc1nsc(C)c1N1C(=O)CS/C1=N\N=C\c1ccc2c(ccn3c(-c4ccc(OC(F)(F)F)cc4)cnc23)c1. The van der Waals surface area contributed by atoms with Crippen molar-refractivity contribution in [1.29, 1.82) is 0 Å². The molecule has 6 rings (SSSR count). The number of pyridine rings is 1. The minimum atomic E-state index is -4.74. The second-order valence-corrected chi connectivity index (χ2v) is 10.8. The molecule has 202 valence electrons. The Morgan fingerprint density at radius 3 is 2.62 bits per heavy atom. The molecule has 1 aliphatic rings. The highest BCUT2D eigenvalue weighted by atomic mass is 32.2. The lowest BCUT2D eigenvalue weighted by molar-refractivity contribution is -0.274. The summed E-state index contributed by atoms with van der Waals surface area (Å²) >= 11 is 2.69. The van der Waals surface area contributed by atoms with Crippen LogP contribution in [0.4, 0.5) is 18.9 Å². The minimum absolute atomic E-state index is 0.0512. The minimum Gasteiger partial charge on any atom is -0.406 e. The summed E-state index contributed by atoms with van der Waals surface area (Å²) in [7, 11) is 0. The molecule has 0 atom stereocenters. The van der Waals surface area contributed by atoms with Crippen molar-refractivity contribution in [1.82, 2.24) is 13.8 Å². The molecule has 1 aliphatic heterocycles. The Kier molecular flexibility index (Phi) is 6.55. The van der Waals surface area contributed by atoms with E-state index in [1.54, 1.807) is 29.4 Å². The number of imidazole rings is 1. The predicted octanol–water partition coefficient (Wildman–Crippen LogP) is 6.60. The zero-order valence-corrected chi connectivity index (χ0v) is 22.6. The molecule has 0 N–H and O–H groups in total. The maximum atomic E-state index is 12.5. The number of hydrogen-bond donors (Lipinski definition) is 0. The summed E-state index contributed by atoms with van der Waals surface area (Å²) in [4.78, 5) is 19.6. The molecule has 13 heteroatoms. The normalized spacial score (nSPS) is 15.4. The monoisotopic (exact) mass is 580 g/mol. The number of amidine groups is 1. The van der Waals surface area contributed by atoms with E-state index in [0.717, 1.165) is 38.3 Å². The molecule has 0 spiro atoms. The van der Waals surface area contributed by atoms with Gasteiger partial charge in [0.25, 0.3) is 0 Å². The Balaban J connectivity index is 1.26. The number of rotatable bonds is 5. The first kappa shape index (κ1) is 26.0. The van der Waals surface area contributed by atoms with Crippen LogP contribution in [0.2, 0.25) is 0 Å². The summed E-state index contributed by atoms with van der Waals surface area (Å²) in [6.07, 6.45) is 0.429. The molecular weight excluding hydrogens is 561 g/mol. The molecule has 4 heterocycles. The van der Waals surface area contributed by atoms with E-state index in [9.17, 15) is 18.0 Å². The number of anilines is 1. The number of halogens is 3. The summed E-state index contributed by atoms with van der Waals surface area (Å²) < 4.78 is 47.6. The molecule has 1 saturated heterocycles. The predicted molar refractivity (Wildman–Crippen MR) is 151 cm³/mol. The molecule has 2 aromatic carbocycles. The van der Waals surface area contributed by atoms with Crippen LogP contribution < -0.4 is 9.64 Å². The Labute approximate surface area is 234 Å². The van der Waals surface area contributed by atoms with E-state index in [-0.39, 0.29) is 11.7 Å². The van der Waals surface area contributed by atoms with E-state index < -0.39 is 6.36 Å². The van der Waals surface area contributed by atoms with Crippen LogP contribution in [0.5, 0.6) is 5.75 Å². The van der Waals surface area contributed by atoms with Gasteiger partial charge in [0, 0.05) is 22.0 Å². The van der Waals surface area contributed by atoms with Crippen molar-refractivity contribution in [3.05, 3.63) is 77.1 Å². The van der Waals surface area contributed by atoms with Crippen LogP contribution in [-0.2, 0) is 4.79 Å². The van der Waals surface area contributed by atoms with E-state index in [0.29, 0.717) is 22.1 Å². The summed E-state index contributed by atoms with van der Waals surface area (Å²) in [6, 6.07) is 13.4. The largest absolute Gasteiger partial charge is 0.573 e. The molecule has 8 nitrogen and oxygen atoms in total. The van der Waals surface area contributed by atoms with Gasteiger partial charge in [-0.25, -0.2) is 4.98 Å². The van der Waals surface area contributed by atoms with Crippen LogP contribution in [0.3, 0.4) is 0 Å². The second-order valence-electron chi connectivity index (χ2n) is 8.89. The highest BCUT2D eigenvalue weighted by Gasteiger charge is 2.33. The van der Waals surface area contributed by atoms with Crippen molar-refractivity contribution in [2.75, 3.05) is 10.7 Å². The molecule has 40 heavy (non-hydrogen) atoms. The van der Waals surface area contributed by atoms with Gasteiger partial charge in [-0.05, 0) is 78.8 Å². The molecule has 1 fully saturated rings. The number of fused-ring (bicyclic) bond motifs is 3. The number of carbonyl (C=O) groups is 1. The first-order valence-corrected chi connectivity index (χ1v) is 13.7. The number of ether oxygens (including phenoxy) is 1. The number of hydrogen-bond acceptors (Lipinski definition) is 8. The summed E-state index contributed by atoms with van der Waals surface area (Å²) in [5.74, 6) is -0.0357. The number of nitrogens with zero attached hydrogens (tertiary/aromatic N) is 6. The number of aromatic nitrogens is 3. The quantitative estimate of drug-likeness (QED) is 0.173. The zero-order chi connectivity index (χ0) is 28.0. The lowest BCUT2D eigenvalue weighted by Crippen LogP contribution is -2.29. The third-order valence-corrected chi connectivity index (χ3v) is 7.98. The summed E-state index contributed by atoms with van der Waals surface area (Å²) in [5, 5.41) is 10.9. The highest BCUT2D eigenvalue weighted by Crippen LogP contribution is 2.34. The van der Waals surface area contributed by atoms with Gasteiger partial charge in [0.15, 0.2) is 5.17 Å². The van der Waals surface area contributed by atoms with Crippen molar-refractivity contribution in [3.8, 4) is 17.0 Å². The standard InChI is InChI=1S/C27H19F3N6O2S2/c1-15-24(16(2)40-34-15)36-23(37)14-39-26(36)33-32-12-17-3-8-21-19(11-17)9-10-35-22(13-31-25(21)35)18-4-6-20(7-5-18)38-27(28,29)30/h3-13H,14H2,1-2H3/b32-12+,33-26-. The number of alkyl halides is 3. The van der Waals surface area contributed by atoms with Gasteiger partial charge in [-0.15, -0.1) is 18.3 Å². The van der Waals surface area contributed by atoms with Crippen molar-refractivity contribution >= 4 is 62.7 Å². The molecule has 3 aromatic heterocycles. The van der Waals surface area contributed by atoms with Crippen molar-refractivity contribution in [3.63, 3.8) is 0 Å². The molecule has 0 bridgehead atoms. The fourth-order valence-corrected chi connectivity index (χ4v) is 6.00. The van der Waals surface area contributed by atoms with E-state index in [1.807, 2.05) is 48.7 Å². The summed E-state index contributed by atoms with van der Waals surface area (Å²) in [5.41, 5.74) is 4.51. The Bertz CT molecular complexity index is 1810. The smallest absolute Gasteiger partial charge is 0.406 e. The van der Waals surface area contributed by atoms with Crippen molar-refractivity contribution < 1.29 is 22.7 Å². The Morgan fingerprint density at radius 1 is 1.10 bits per heavy atom. The van der Waals surface area contributed by atoms with Crippen LogP contribution in [0, 0.1) is 13.8 Å². The molecular formula is C27H19F3N6O2S2. The topological polar surface area (TPSA) is 84.5 Å². The van der Waals surface area contributed by atoms with Gasteiger partial charge in [0.1, 0.15) is 11.4 Å². The van der Waals surface area contributed by atoms with Crippen LogP contribution in [0.15, 0.2) is 71.1 Å². The fourth-order valence-electron chi connectivity index (χ4n) is 4.51. The average Bonchev–Trinajstić information content (AvgIpc) is 3.60. The maximum Gasteiger partial charge on any atom is 0.573 e. The van der Waals surface area contributed by atoms with Gasteiger partial charge < -0.3 is 4.74 Å². The lowest BCUT2D eigenvalue weighted by Gasteiger charge is -2.15. The average molecular weight is 581 g/mol. The van der Waals surface area contributed by atoms with Crippen LogP contribution >= 0.6 is 23.3 Å². The lowest BCUT2D eigenvalue weighted by atomic mass is 10.1. The molecule has 1 amide bonds. The van der Waals surface area contributed by atoms with Crippen LogP contribution in [-0.4, -0.2) is 43.2 Å². The Hall–Kier alpha value is -4.23. The molecule has 5 aromatic rings. The van der Waals surface area contributed by atoms with E-state index in [4.69, 9.17) is 0 Å². The van der Waals surface area contributed by atoms with E-state index in [2.05, 4.69) is 24.3 Å². The number of benzene rings is 2. The molecule has 0 aliphatic carbocycles. The molecule has 0 unspecified atom stereocenters.